The molecule has 0 bridgehead atoms. The van der Waals surface area contributed by atoms with Crippen LogP contribution in [0.2, 0.25) is 0 Å². The van der Waals surface area contributed by atoms with Crippen molar-refractivity contribution in [3.05, 3.63) is 36.5 Å². The van der Waals surface area contributed by atoms with E-state index in [0.717, 1.165) is 64.2 Å². The number of phosphoric acid groups is 1. The van der Waals surface area contributed by atoms with Gasteiger partial charge in [-0.15, -0.1) is 0 Å². The third-order valence-corrected chi connectivity index (χ3v) is 11.6. The number of quaternary nitrogens is 1. The largest absolute Gasteiger partial charge is 0.472 e. The van der Waals surface area contributed by atoms with Crippen LogP contribution in [0.15, 0.2) is 36.5 Å². The maximum Gasteiger partial charge on any atom is 0.472 e. The van der Waals surface area contributed by atoms with Gasteiger partial charge in [0.05, 0.1) is 39.9 Å². The van der Waals surface area contributed by atoms with Crippen LogP contribution >= 0.6 is 7.82 Å². The Kier molecular flexibility index (Phi) is 39.2. The zero-order chi connectivity index (χ0) is 42.1. The fourth-order valence-corrected chi connectivity index (χ4v) is 7.55. The van der Waals surface area contributed by atoms with Gasteiger partial charge in [-0.05, 0) is 51.4 Å². The van der Waals surface area contributed by atoms with Gasteiger partial charge in [-0.25, -0.2) is 4.57 Å². The number of nitrogens with one attached hydrogen (secondary N) is 1. The molecule has 0 saturated carbocycles. The highest BCUT2D eigenvalue weighted by Crippen LogP contribution is 2.43. The molecule has 0 rings (SSSR count). The van der Waals surface area contributed by atoms with E-state index in [1.54, 1.807) is 0 Å². The molecule has 9 heteroatoms. The number of likely N-dealkylation sites (N-methyl/N-ethyl adjacent to an activating group) is 1. The number of hydrogen-bond donors (Lipinski definition) is 3. The summed E-state index contributed by atoms with van der Waals surface area (Å²) < 4.78 is 23.7. The highest BCUT2D eigenvalue weighted by Gasteiger charge is 2.28. The molecule has 0 fully saturated rings. The summed E-state index contributed by atoms with van der Waals surface area (Å²) in [7, 11) is 1.61. The second-order valence-electron chi connectivity index (χ2n) is 17.5. The van der Waals surface area contributed by atoms with Gasteiger partial charge in [-0.1, -0.05) is 192 Å². The van der Waals surface area contributed by atoms with E-state index in [4.69, 9.17) is 9.05 Å². The SMILES string of the molecule is CCCCC/C=C\C/C=C\C/C=C\CCCCCCCCC(=O)NC(COP(=O)(O)OCC[N+](C)(C)C)C(O)CCCCCCCCCCCCCCCCCC. The number of hydrogen-bond acceptors (Lipinski definition) is 5. The van der Waals surface area contributed by atoms with Crippen LogP contribution in [0.4, 0.5) is 0 Å². The first kappa shape index (κ1) is 55.7. The average Bonchev–Trinajstić information content (AvgIpc) is 3.16. The van der Waals surface area contributed by atoms with Crippen LogP contribution in [0.3, 0.4) is 0 Å². The molecule has 0 aliphatic heterocycles. The molecule has 3 unspecified atom stereocenters. The standard InChI is InChI=1S/C48H93N2O6P/c1-6-8-10-12-14-16-18-20-22-24-25-26-28-30-32-34-36-38-40-42-48(52)49-46(45-56-57(53,54)55-44-43-50(3,4)5)47(51)41-39-37-35-33-31-29-27-23-21-19-17-15-13-11-9-7-2/h14,16,20,22,25-26,46-47,51H,6-13,15,17-19,21,23-24,27-45H2,1-5H3,(H-,49,52,53,54)/p+1/b16-14-,22-20-,26-25-. The van der Waals surface area contributed by atoms with Crippen molar-refractivity contribution in [3.63, 3.8) is 0 Å². The lowest BCUT2D eigenvalue weighted by Gasteiger charge is -2.26. The summed E-state index contributed by atoms with van der Waals surface area (Å²) in [6, 6.07) is -0.767. The van der Waals surface area contributed by atoms with E-state index in [1.807, 2.05) is 21.1 Å². The number of aliphatic hydroxyl groups excluding tert-OH is 1. The Labute approximate surface area is 353 Å². The Hall–Kier alpha value is -1.28. The first-order valence-electron chi connectivity index (χ1n) is 23.9. The molecule has 0 radical (unpaired) electrons. The fourth-order valence-electron chi connectivity index (χ4n) is 6.82. The molecule has 0 saturated heterocycles. The molecule has 8 nitrogen and oxygen atoms in total. The van der Waals surface area contributed by atoms with Crippen LogP contribution in [-0.4, -0.2) is 73.4 Å². The van der Waals surface area contributed by atoms with E-state index in [9.17, 15) is 19.4 Å². The van der Waals surface area contributed by atoms with Gasteiger partial charge in [0.25, 0.3) is 0 Å². The van der Waals surface area contributed by atoms with Crippen LogP contribution in [0.25, 0.3) is 0 Å². The summed E-state index contributed by atoms with van der Waals surface area (Å²) >= 11 is 0. The molecule has 0 aromatic carbocycles. The second kappa shape index (κ2) is 40.1. The van der Waals surface area contributed by atoms with E-state index in [2.05, 4.69) is 55.6 Å². The van der Waals surface area contributed by atoms with Crippen molar-refractivity contribution in [1.82, 2.24) is 5.32 Å². The van der Waals surface area contributed by atoms with Crippen molar-refractivity contribution in [3.8, 4) is 0 Å². The first-order valence-corrected chi connectivity index (χ1v) is 25.3. The molecule has 0 aliphatic rings. The van der Waals surface area contributed by atoms with E-state index < -0.39 is 20.0 Å². The third kappa shape index (κ3) is 42.6. The Bertz CT molecular complexity index is 1030. The van der Waals surface area contributed by atoms with Crippen LogP contribution in [0.1, 0.15) is 213 Å². The number of nitrogens with zero attached hydrogens (tertiary/aromatic N) is 1. The Morgan fingerprint density at radius 3 is 1.49 bits per heavy atom. The smallest absolute Gasteiger partial charge is 0.391 e. The third-order valence-electron chi connectivity index (χ3n) is 10.6. The summed E-state index contributed by atoms with van der Waals surface area (Å²) in [6.07, 6.45) is 48.8. The van der Waals surface area contributed by atoms with Gasteiger partial charge < -0.3 is 19.8 Å². The summed E-state index contributed by atoms with van der Waals surface area (Å²) in [5, 5.41) is 14.0. The summed E-state index contributed by atoms with van der Waals surface area (Å²) in [6.45, 7) is 4.85. The van der Waals surface area contributed by atoms with Crippen molar-refractivity contribution < 1.29 is 32.9 Å². The molecule has 0 spiro atoms. The minimum atomic E-state index is -4.32. The topological polar surface area (TPSA) is 105 Å². The van der Waals surface area contributed by atoms with Gasteiger partial charge in [-0.3, -0.25) is 13.8 Å². The zero-order valence-electron chi connectivity index (χ0n) is 38.1. The van der Waals surface area contributed by atoms with Crippen molar-refractivity contribution in [2.45, 2.75) is 225 Å². The van der Waals surface area contributed by atoms with Gasteiger partial charge in [0.15, 0.2) is 0 Å². The molecule has 0 aromatic heterocycles. The van der Waals surface area contributed by atoms with Crippen molar-refractivity contribution in [1.29, 1.82) is 0 Å². The van der Waals surface area contributed by atoms with Gasteiger partial charge in [0, 0.05) is 6.42 Å². The predicted molar refractivity (Wildman–Crippen MR) is 244 cm³/mol. The first-order chi connectivity index (χ1) is 27.5. The van der Waals surface area contributed by atoms with Gasteiger partial charge in [-0.2, -0.15) is 0 Å². The van der Waals surface area contributed by atoms with E-state index in [-0.39, 0.29) is 19.1 Å². The van der Waals surface area contributed by atoms with Crippen LogP contribution < -0.4 is 5.32 Å². The minimum Gasteiger partial charge on any atom is -0.391 e. The number of carbonyl (C=O) groups excluding carboxylic acids is 1. The molecule has 0 heterocycles. The summed E-state index contributed by atoms with van der Waals surface area (Å²) in [5.41, 5.74) is 0. The maximum atomic E-state index is 12.9. The summed E-state index contributed by atoms with van der Waals surface area (Å²) in [4.78, 5) is 23.2. The van der Waals surface area contributed by atoms with Gasteiger partial charge in [0.2, 0.25) is 5.91 Å². The Morgan fingerprint density at radius 1 is 0.596 bits per heavy atom. The fraction of sp³-hybridized carbons (Fsp3) is 0.854. The van der Waals surface area contributed by atoms with Crippen molar-refractivity contribution in [2.75, 3.05) is 40.9 Å². The number of aliphatic hydroxyl groups is 1. The van der Waals surface area contributed by atoms with Crippen molar-refractivity contribution >= 4 is 13.7 Å². The lowest BCUT2D eigenvalue weighted by molar-refractivity contribution is -0.870. The zero-order valence-corrected chi connectivity index (χ0v) is 39.0. The molecule has 3 N–H and O–H groups in total. The highest BCUT2D eigenvalue weighted by atomic mass is 31.2. The maximum absolute atomic E-state index is 12.9. The average molecular weight is 826 g/mol. The number of phosphoric ester groups is 1. The molecular formula is C48H94N2O6P+. The number of carbonyl (C=O) groups is 1. The van der Waals surface area contributed by atoms with E-state index >= 15 is 0 Å². The second-order valence-corrected chi connectivity index (χ2v) is 18.9. The lowest BCUT2D eigenvalue weighted by Crippen LogP contribution is -2.46. The minimum absolute atomic E-state index is 0.0714. The monoisotopic (exact) mass is 826 g/mol. The normalized spacial score (nSPS) is 14.6. The quantitative estimate of drug-likeness (QED) is 0.0245. The highest BCUT2D eigenvalue weighted by molar-refractivity contribution is 7.47. The Morgan fingerprint density at radius 2 is 1.00 bits per heavy atom. The van der Waals surface area contributed by atoms with Crippen LogP contribution in [0, 0.1) is 0 Å². The predicted octanol–water partition coefficient (Wildman–Crippen LogP) is 13.5. The van der Waals surface area contributed by atoms with E-state index in [0.29, 0.717) is 23.9 Å². The lowest BCUT2D eigenvalue weighted by atomic mass is 10.0. The van der Waals surface area contributed by atoms with E-state index in [1.165, 1.54) is 122 Å². The van der Waals surface area contributed by atoms with Gasteiger partial charge >= 0.3 is 7.82 Å². The molecule has 336 valence electrons. The number of amides is 1. The van der Waals surface area contributed by atoms with Crippen molar-refractivity contribution in [2.24, 2.45) is 0 Å². The summed E-state index contributed by atoms with van der Waals surface area (Å²) in [5.74, 6) is -0.157. The number of allylic oxidation sites excluding steroid dienone is 6. The molecular weight excluding hydrogens is 732 g/mol. The molecule has 1 amide bonds. The van der Waals surface area contributed by atoms with Gasteiger partial charge in [0.1, 0.15) is 13.2 Å². The molecule has 57 heavy (non-hydrogen) atoms. The Balaban J connectivity index is 4.35. The van der Waals surface area contributed by atoms with Crippen LogP contribution in [0.5, 0.6) is 0 Å². The number of unbranched alkanes of at least 4 members (excludes halogenated alkanes) is 24. The molecule has 3 atom stereocenters. The molecule has 0 aromatic rings. The van der Waals surface area contributed by atoms with Crippen LogP contribution in [-0.2, 0) is 18.4 Å². The number of rotatable bonds is 43. The molecule has 0 aliphatic carbocycles.